The Balaban J connectivity index is 2.14. The minimum absolute atomic E-state index is 0.266. The zero-order valence-corrected chi connectivity index (χ0v) is 10.8. The van der Waals surface area contributed by atoms with Gasteiger partial charge in [-0.3, -0.25) is 0 Å². The second kappa shape index (κ2) is 4.02. The van der Waals surface area contributed by atoms with Crippen molar-refractivity contribution in [1.82, 2.24) is 9.97 Å². The number of nitrogens with zero attached hydrogens (tertiary/aromatic N) is 1. The molecule has 0 atom stereocenters. The van der Waals surface area contributed by atoms with Crippen LogP contribution in [0.1, 0.15) is 44.9 Å². The first-order chi connectivity index (χ1) is 8.25. The van der Waals surface area contributed by atoms with E-state index in [1.54, 1.807) is 0 Å². The summed E-state index contributed by atoms with van der Waals surface area (Å²) in [6, 6.07) is 5.93. The Bertz CT molecular complexity index is 538. The first kappa shape index (κ1) is 11.1. The molecule has 90 valence electrons. The second-order valence-corrected chi connectivity index (χ2v) is 5.47. The van der Waals surface area contributed by atoms with Crippen molar-refractivity contribution in [3.05, 3.63) is 29.0 Å². The van der Waals surface area contributed by atoms with Crippen molar-refractivity contribution < 1.29 is 0 Å². The van der Waals surface area contributed by atoms with Crippen molar-refractivity contribution >= 4 is 22.6 Å². The Morgan fingerprint density at radius 3 is 2.76 bits per heavy atom. The topological polar surface area (TPSA) is 28.7 Å². The van der Waals surface area contributed by atoms with Crippen LogP contribution in [0.4, 0.5) is 0 Å². The highest BCUT2D eigenvalue weighted by Gasteiger charge is 2.36. The number of para-hydroxylation sites is 1. The SMILES string of the molecule is CCC1(c2nc3c(Cl)cccc3[nH]2)CCCC1. The van der Waals surface area contributed by atoms with E-state index in [2.05, 4.69) is 18.0 Å². The van der Waals surface area contributed by atoms with E-state index in [1.165, 1.54) is 25.7 Å². The first-order valence-electron chi connectivity index (χ1n) is 6.40. The van der Waals surface area contributed by atoms with Crippen LogP contribution in [0.25, 0.3) is 11.0 Å². The fourth-order valence-corrected chi connectivity index (χ4v) is 3.27. The van der Waals surface area contributed by atoms with Gasteiger partial charge in [0.15, 0.2) is 0 Å². The van der Waals surface area contributed by atoms with Gasteiger partial charge in [0.1, 0.15) is 11.3 Å². The minimum Gasteiger partial charge on any atom is -0.341 e. The fraction of sp³-hybridized carbons (Fsp3) is 0.500. The van der Waals surface area contributed by atoms with Crippen LogP contribution in [0.2, 0.25) is 5.02 Å². The highest BCUT2D eigenvalue weighted by molar-refractivity contribution is 6.34. The molecule has 0 spiro atoms. The number of benzene rings is 1. The van der Waals surface area contributed by atoms with Gasteiger partial charge in [0.2, 0.25) is 0 Å². The maximum atomic E-state index is 6.18. The summed E-state index contributed by atoms with van der Waals surface area (Å²) in [7, 11) is 0. The number of aromatic amines is 1. The van der Waals surface area contributed by atoms with E-state index in [1.807, 2.05) is 12.1 Å². The van der Waals surface area contributed by atoms with Gasteiger partial charge in [-0.25, -0.2) is 4.98 Å². The zero-order valence-electron chi connectivity index (χ0n) is 10.1. The fourth-order valence-electron chi connectivity index (χ4n) is 3.06. The molecule has 1 aliphatic carbocycles. The van der Waals surface area contributed by atoms with Gasteiger partial charge >= 0.3 is 0 Å². The van der Waals surface area contributed by atoms with Gasteiger partial charge in [-0.2, -0.15) is 0 Å². The Kier molecular flexibility index (Phi) is 2.62. The number of imidazole rings is 1. The summed E-state index contributed by atoms with van der Waals surface area (Å²) in [5.41, 5.74) is 2.25. The summed E-state index contributed by atoms with van der Waals surface area (Å²) < 4.78 is 0. The van der Waals surface area contributed by atoms with Crippen LogP contribution >= 0.6 is 11.6 Å². The maximum Gasteiger partial charge on any atom is 0.113 e. The Morgan fingerprint density at radius 1 is 1.35 bits per heavy atom. The van der Waals surface area contributed by atoms with Crippen molar-refractivity contribution in [3.63, 3.8) is 0 Å². The summed E-state index contributed by atoms with van der Waals surface area (Å²) in [5, 5.41) is 0.745. The number of hydrogen-bond acceptors (Lipinski definition) is 1. The van der Waals surface area contributed by atoms with E-state index < -0.39 is 0 Å². The Morgan fingerprint density at radius 2 is 2.12 bits per heavy atom. The molecule has 3 rings (SSSR count). The average Bonchev–Trinajstić information content (AvgIpc) is 2.96. The standard InChI is InChI=1S/C14H17ClN2/c1-2-14(8-3-4-9-14)13-16-11-7-5-6-10(15)12(11)17-13/h5-7H,2-4,8-9H2,1H3,(H,16,17). The second-order valence-electron chi connectivity index (χ2n) is 5.06. The zero-order chi connectivity index (χ0) is 11.9. The van der Waals surface area contributed by atoms with Gasteiger partial charge in [-0.1, -0.05) is 37.4 Å². The number of fused-ring (bicyclic) bond motifs is 1. The summed E-state index contributed by atoms with van der Waals surface area (Å²) in [6.45, 7) is 2.26. The minimum atomic E-state index is 0.266. The number of halogens is 1. The molecule has 0 unspecified atom stereocenters. The van der Waals surface area contributed by atoms with Crippen LogP contribution in [0.5, 0.6) is 0 Å². The van der Waals surface area contributed by atoms with Crippen molar-refractivity contribution in [3.8, 4) is 0 Å². The molecule has 0 aliphatic heterocycles. The number of hydrogen-bond donors (Lipinski definition) is 1. The third-order valence-electron chi connectivity index (χ3n) is 4.20. The van der Waals surface area contributed by atoms with E-state index in [4.69, 9.17) is 16.6 Å². The maximum absolute atomic E-state index is 6.18. The van der Waals surface area contributed by atoms with Gasteiger partial charge in [0.05, 0.1) is 10.5 Å². The Hall–Kier alpha value is -1.02. The smallest absolute Gasteiger partial charge is 0.113 e. The van der Waals surface area contributed by atoms with Crippen LogP contribution in [0.15, 0.2) is 18.2 Å². The molecule has 0 saturated heterocycles. The van der Waals surface area contributed by atoms with Crippen molar-refractivity contribution in [2.75, 3.05) is 0 Å². The molecule has 1 saturated carbocycles. The van der Waals surface area contributed by atoms with E-state index in [0.717, 1.165) is 28.3 Å². The quantitative estimate of drug-likeness (QED) is 0.836. The van der Waals surface area contributed by atoms with Crippen LogP contribution in [0.3, 0.4) is 0 Å². The summed E-state index contributed by atoms with van der Waals surface area (Å²) in [6.07, 6.45) is 6.30. The molecule has 1 heterocycles. The third kappa shape index (κ3) is 1.66. The monoisotopic (exact) mass is 248 g/mol. The molecule has 1 aliphatic rings. The highest BCUT2D eigenvalue weighted by atomic mass is 35.5. The predicted molar refractivity (Wildman–Crippen MR) is 71.5 cm³/mol. The predicted octanol–water partition coefficient (Wildman–Crippen LogP) is 4.44. The lowest BCUT2D eigenvalue weighted by atomic mass is 9.83. The van der Waals surface area contributed by atoms with Crippen LogP contribution < -0.4 is 0 Å². The molecule has 1 aromatic carbocycles. The summed E-state index contributed by atoms with van der Waals surface area (Å²) in [5.74, 6) is 1.14. The summed E-state index contributed by atoms with van der Waals surface area (Å²) >= 11 is 6.18. The molecule has 0 radical (unpaired) electrons. The molecule has 2 aromatic rings. The molecular formula is C14H17ClN2. The number of aromatic nitrogens is 2. The lowest BCUT2D eigenvalue weighted by Gasteiger charge is -2.24. The van der Waals surface area contributed by atoms with Gasteiger partial charge < -0.3 is 4.98 Å². The molecule has 17 heavy (non-hydrogen) atoms. The van der Waals surface area contributed by atoms with Gasteiger partial charge in [0.25, 0.3) is 0 Å². The number of rotatable bonds is 2. The Labute approximate surface area is 106 Å². The van der Waals surface area contributed by atoms with Gasteiger partial charge in [-0.05, 0) is 31.4 Å². The average molecular weight is 249 g/mol. The molecule has 1 fully saturated rings. The van der Waals surface area contributed by atoms with Crippen LogP contribution in [-0.2, 0) is 5.41 Å². The summed E-state index contributed by atoms with van der Waals surface area (Å²) in [4.78, 5) is 8.22. The largest absolute Gasteiger partial charge is 0.341 e. The highest BCUT2D eigenvalue weighted by Crippen LogP contribution is 2.43. The normalized spacial score (nSPS) is 18.9. The van der Waals surface area contributed by atoms with E-state index in [0.29, 0.717) is 0 Å². The molecule has 1 aromatic heterocycles. The van der Waals surface area contributed by atoms with Crippen molar-refractivity contribution in [1.29, 1.82) is 0 Å². The van der Waals surface area contributed by atoms with Crippen LogP contribution in [-0.4, -0.2) is 9.97 Å². The number of H-pyrrole nitrogens is 1. The third-order valence-corrected chi connectivity index (χ3v) is 4.51. The van der Waals surface area contributed by atoms with Crippen molar-refractivity contribution in [2.24, 2.45) is 0 Å². The molecule has 1 N–H and O–H groups in total. The number of nitrogens with one attached hydrogen (secondary N) is 1. The molecular weight excluding hydrogens is 232 g/mol. The molecule has 0 amide bonds. The molecule has 3 heteroatoms. The molecule has 2 nitrogen and oxygen atoms in total. The first-order valence-corrected chi connectivity index (χ1v) is 6.78. The van der Waals surface area contributed by atoms with Crippen LogP contribution in [0, 0.1) is 0 Å². The van der Waals surface area contributed by atoms with Crippen molar-refractivity contribution in [2.45, 2.75) is 44.4 Å². The van der Waals surface area contributed by atoms with E-state index in [-0.39, 0.29) is 5.41 Å². The van der Waals surface area contributed by atoms with Gasteiger partial charge in [0, 0.05) is 5.41 Å². The van der Waals surface area contributed by atoms with E-state index >= 15 is 0 Å². The lowest BCUT2D eigenvalue weighted by Crippen LogP contribution is -2.22. The van der Waals surface area contributed by atoms with E-state index in [9.17, 15) is 0 Å². The van der Waals surface area contributed by atoms with Gasteiger partial charge in [-0.15, -0.1) is 0 Å². The molecule has 0 bridgehead atoms. The lowest BCUT2D eigenvalue weighted by molar-refractivity contribution is 0.403.